The number of benzene rings is 2. The summed E-state index contributed by atoms with van der Waals surface area (Å²) in [6.45, 7) is 2.34. The minimum atomic E-state index is -0.257. The predicted octanol–water partition coefficient (Wildman–Crippen LogP) is 4.79. The lowest BCUT2D eigenvalue weighted by Gasteiger charge is -2.23. The van der Waals surface area contributed by atoms with Crippen molar-refractivity contribution in [1.82, 2.24) is 14.5 Å². The molecular weight excluding hydrogens is 440 g/mol. The lowest BCUT2D eigenvalue weighted by atomic mass is 9.94. The number of carbonyl (C=O) groups is 1. The van der Waals surface area contributed by atoms with E-state index in [1.54, 1.807) is 35.7 Å². The second-order valence-electron chi connectivity index (χ2n) is 7.34. The van der Waals surface area contributed by atoms with Gasteiger partial charge in [-0.3, -0.25) is 14.2 Å². The Kier molecular flexibility index (Phi) is 9.17. The van der Waals surface area contributed by atoms with E-state index in [0.717, 1.165) is 53.7 Å². The Morgan fingerprint density at radius 3 is 2.76 bits per heavy atom. The van der Waals surface area contributed by atoms with Crippen LogP contribution in [0, 0.1) is 4.91 Å². The largest absolute Gasteiger partial charge is 0.465 e. The fraction of sp³-hybridized carbons (Fsp3) is 0.333. The summed E-state index contributed by atoms with van der Waals surface area (Å²) in [4.78, 5) is 23.7. The van der Waals surface area contributed by atoms with Gasteiger partial charge in [-0.05, 0) is 78.7 Å². The Hall–Kier alpha value is -3.01. The van der Waals surface area contributed by atoms with Crippen molar-refractivity contribution in [3.05, 3.63) is 70.9 Å². The first kappa shape index (κ1) is 24.6. The molecule has 0 spiro atoms. The van der Waals surface area contributed by atoms with Gasteiger partial charge in [-0.15, -0.1) is 4.91 Å². The van der Waals surface area contributed by atoms with E-state index in [2.05, 4.69) is 27.1 Å². The van der Waals surface area contributed by atoms with E-state index < -0.39 is 0 Å². The summed E-state index contributed by atoms with van der Waals surface area (Å²) in [5.41, 5.74) is 4.69. The number of hydrogen-bond donors (Lipinski definition) is 2. The third kappa shape index (κ3) is 6.28. The Morgan fingerprint density at radius 1 is 1.24 bits per heavy atom. The number of carbonyl (C=O) groups excluding carboxylic acids is 1. The number of fused-ring (bicyclic) bond motifs is 1. The molecule has 0 fully saturated rings. The lowest BCUT2D eigenvalue weighted by Crippen LogP contribution is -2.22. The van der Waals surface area contributed by atoms with Crippen molar-refractivity contribution in [2.45, 2.75) is 43.7 Å². The van der Waals surface area contributed by atoms with Crippen LogP contribution in [0.25, 0.3) is 11.1 Å². The third-order valence-corrected chi connectivity index (χ3v) is 6.22. The molecule has 1 aliphatic rings. The molecule has 0 saturated carbocycles. The molecule has 4 rings (SSSR count). The number of aliphatic hydroxyl groups is 1. The highest BCUT2D eigenvalue weighted by molar-refractivity contribution is 7.97. The minimum absolute atomic E-state index is 0.158. The number of hydrogen-bond acceptors (Lipinski definition) is 8. The van der Waals surface area contributed by atoms with Crippen molar-refractivity contribution in [2.75, 3.05) is 13.7 Å². The Balaban J connectivity index is 0.00000149. The number of ether oxygens (including phenoxy) is 1. The van der Waals surface area contributed by atoms with Gasteiger partial charge in [-0.2, -0.15) is 5.10 Å². The molecule has 1 aromatic heterocycles. The van der Waals surface area contributed by atoms with Crippen LogP contribution in [0.15, 0.2) is 64.8 Å². The van der Waals surface area contributed by atoms with Crippen LogP contribution in [-0.2, 0) is 22.5 Å². The van der Waals surface area contributed by atoms with Crippen LogP contribution >= 0.6 is 11.9 Å². The molecule has 33 heavy (non-hydrogen) atoms. The van der Waals surface area contributed by atoms with E-state index in [4.69, 9.17) is 9.84 Å². The van der Waals surface area contributed by atoms with Crippen LogP contribution < -0.4 is 4.72 Å². The molecule has 2 N–H and O–H groups in total. The van der Waals surface area contributed by atoms with E-state index in [-0.39, 0.29) is 18.6 Å². The number of aromatic nitrogens is 2. The fourth-order valence-electron chi connectivity index (χ4n) is 3.80. The van der Waals surface area contributed by atoms with E-state index in [9.17, 15) is 9.70 Å². The molecule has 2 aromatic carbocycles. The van der Waals surface area contributed by atoms with E-state index in [0.29, 0.717) is 12.3 Å². The monoisotopic (exact) mass is 468 g/mol. The molecule has 3 aromatic rings. The molecular formula is C24H28N4O4S. The first-order valence-electron chi connectivity index (χ1n) is 10.8. The molecule has 1 aliphatic carbocycles. The number of rotatable bonds is 8. The smallest absolute Gasteiger partial charge is 0.327 e. The van der Waals surface area contributed by atoms with Crippen LogP contribution in [0.4, 0.5) is 5.69 Å². The summed E-state index contributed by atoms with van der Waals surface area (Å²) in [6.07, 6.45) is 4.85. The molecule has 8 nitrogen and oxygen atoms in total. The maximum Gasteiger partial charge on any atom is 0.327 e. The molecule has 9 heteroatoms. The van der Waals surface area contributed by atoms with Gasteiger partial charge in [0.15, 0.2) is 0 Å². The van der Waals surface area contributed by atoms with Crippen LogP contribution in [0.3, 0.4) is 0 Å². The summed E-state index contributed by atoms with van der Waals surface area (Å²) in [7, 11) is 1.00. The van der Waals surface area contributed by atoms with Crippen molar-refractivity contribution in [3.63, 3.8) is 0 Å². The van der Waals surface area contributed by atoms with Crippen LogP contribution in [0.1, 0.15) is 37.1 Å². The molecule has 0 saturated heterocycles. The summed E-state index contributed by atoms with van der Waals surface area (Å²) < 4.78 is 10.4. The van der Waals surface area contributed by atoms with Gasteiger partial charge in [0.25, 0.3) is 0 Å². The summed E-state index contributed by atoms with van der Waals surface area (Å²) in [5.74, 6) is -0.257. The second-order valence-corrected chi connectivity index (χ2v) is 8.25. The average molecular weight is 469 g/mol. The molecule has 0 amide bonds. The molecule has 0 radical (unpaired) electrons. The summed E-state index contributed by atoms with van der Waals surface area (Å²) in [6, 6.07) is 15.6. The first-order chi connectivity index (χ1) is 16.2. The second kappa shape index (κ2) is 12.3. The van der Waals surface area contributed by atoms with Crippen molar-refractivity contribution >= 4 is 23.6 Å². The molecule has 0 bridgehead atoms. The Labute approximate surface area is 197 Å². The number of nitrogens with one attached hydrogen (secondary N) is 1. The molecule has 174 valence electrons. The topological polar surface area (TPSA) is 106 Å². The maximum atomic E-state index is 11.8. The zero-order valence-electron chi connectivity index (χ0n) is 18.7. The number of nitrogens with zero attached hydrogens (tertiary/aromatic N) is 3. The van der Waals surface area contributed by atoms with Crippen LogP contribution in [-0.4, -0.2) is 34.6 Å². The van der Waals surface area contributed by atoms with E-state index in [1.807, 2.05) is 30.5 Å². The fourth-order valence-corrected chi connectivity index (χ4v) is 4.60. The maximum absolute atomic E-state index is 11.8. The van der Waals surface area contributed by atoms with Gasteiger partial charge in [0.05, 0.1) is 12.8 Å². The van der Waals surface area contributed by atoms with Crippen molar-refractivity contribution < 1.29 is 14.6 Å². The minimum Gasteiger partial charge on any atom is -0.465 e. The van der Waals surface area contributed by atoms with Gasteiger partial charge in [0.2, 0.25) is 0 Å². The highest BCUT2D eigenvalue weighted by atomic mass is 32.2. The third-order valence-electron chi connectivity index (χ3n) is 5.31. The molecule has 0 aliphatic heterocycles. The van der Waals surface area contributed by atoms with Gasteiger partial charge in [-0.25, -0.2) is 0 Å². The Bertz CT molecular complexity index is 1070. The highest BCUT2D eigenvalue weighted by Gasteiger charge is 2.25. The van der Waals surface area contributed by atoms with Crippen molar-refractivity contribution in [1.29, 1.82) is 0 Å². The SMILES string of the molecule is CCOC(=O)Cn1ncc2c1CCCC2NSc1ccc(-c2cccc(N=O)c2)cc1.CO. The van der Waals surface area contributed by atoms with Crippen LogP contribution in [0.5, 0.6) is 0 Å². The van der Waals surface area contributed by atoms with Gasteiger partial charge in [0, 0.05) is 29.3 Å². The first-order valence-corrected chi connectivity index (χ1v) is 11.6. The van der Waals surface area contributed by atoms with Gasteiger partial charge in [-0.1, -0.05) is 24.3 Å². The highest BCUT2D eigenvalue weighted by Crippen LogP contribution is 2.33. The van der Waals surface area contributed by atoms with Crippen molar-refractivity contribution in [2.24, 2.45) is 5.18 Å². The Morgan fingerprint density at radius 2 is 2.03 bits per heavy atom. The van der Waals surface area contributed by atoms with E-state index in [1.165, 1.54) is 0 Å². The van der Waals surface area contributed by atoms with Crippen LogP contribution in [0.2, 0.25) is 0 Å². The zero-order valence-corrected chi connectivity index (χ0v) is 19.5. The molecule has 1 unspecified atom stereocenters. The zero-order chi connectivity index (χ0) is 23.6. The van der Waals surface area contributed by atoms with E-state index >= 15 is 0 Å². The van der Waals surface area contributed by atoms with Gasteiger partial charge >= 0.3 is 5.97 Å². The average Bonchev–Trinajstić information content (AvgIpc) is 3.27. The standard InChI is InChI=1S/C23H24N4O3S.CH4O/c1-2-30-23(28)15-27-22-8-4-7-21(20(22)14-24-27)26-31-19-11-9-16(10-12-19)17-5-3-6-18(13-17)25-29;1-2/h3,5-6,9-14,21,26H,2,4,7-8,15H2,1H3;2H,1H3. The molecule has 1 atom stereocenters. The number of esters is 1. The summed E-state index contributed by atoms with van der Waals surface area (Å²) >= 11 is 1.59. The number of aliphatic hydroxyl groups excluding tert-OH is 1. The van der Waals surface area contributed by atoms with Crippen molar-refractivity contribution in [3.8, 4) is 11.1 Å². The number of nitroso groups, excluding NO2 is 1. The normalized spacial score (nSPS) is 14.6. The van der Waals surface area contributed by atoms with Gasteiger partial charge in [0.1, 0.15) is 12.2 Å². The van der Waals surface area contributed by atoms with Gasteiger partial charge < -0.3 is 9.84 Å². The predicted molar refractivity (Wildman–Crippen MR) is 129 cm³/mol. The molecule has 1 heterocycles. The quantitative estimate of drug-likeness (QED) is 0.278. The summed E-state index contributed by atoms with van der Waals surface area (Å²) in [5, 5.41) is 14.4. The lowest BCUT2D eigenvalue weighted by molar-refractivity contribution is -0.144.